The summed E-state index contributed by atoms with van der Waals surface area (Å²) in [6.45, 7) is 5.44. The molecule has 1 aromatic carbocycles. The molecule has 0 atom stereocenters. The van der Waals surface area contributed by atoms with E-state index in [4.69, 9.17) is 10.00 Å². The van der Waals surface area contributed by atoms with Crippen molar-refractivity contribution in [2.75, 3.05) is 18.5 Å². The maximum absolute atomic E-state index is 13.5. The Morgan fingerprint density at radius 2 is 2.17 bits per heavy atom. The van der Waals surface area contributed by atoms with Gasteiger partial charge in [-0.15, -0.1) is 0 Å². The van der Waals surface area contributed by atoms with Crippen molar-refractivity contribution in [3.8, 4) is 6.07 Å². The van der Waals surface area contributed by atoms with Gasteiger partial charge in [0, 0.05) is 13.2 Å². The number of hydrogen-bond donors (Lipinski definition) is 1. The maximum Gasteiger partial charge on any atom is 0.147 e. The van der Waals surface area contributed by atoms with Gasteiger partial charge in [0.05, 0.1) is 23.4 Å². The molecule has 98 valence electrons. The number of benzene rings is 1. The molecule has 1 aromatic rings. The van der Waals surface area contributed by atoms with Crippen LogP contribution in [0.2, 0.25) is 0 Å². The molecule has 0 amide bonds. The van der Waals surface area contributed by atoms with Crippen molar-refractivity contribution in [3.05, 3.63) is 29.6 Å². The molecule has 0 heterocycles. The van der Waals surface area contributed by atoms with E-state index in [0.717, 1.165) is 19.4 Å². The molecule has 1 N–H and O–H groups in total. The number of halogens is 1. The summed E-state index contributed by atoms with van der Waals surface area (Å²) in [7, 11) is 0. The monoisotopic (exact) mass is 250 g/mol. The van der Waals surface area contributed by atoms with Crippen LogP contribution in [-0.4, -0.2) is 19.3 Å². The number of hydrogen-bond acceptors (Lipinski definition) is 3. The molecule has 1 rings (SSSR count). The second-order valence-electron chi connectivity index (χ2n) is 4.36. The first kappa shape index (κ1) is 14.5. The molecule has 0 unspecified atom stereocenters. The molecule has 0 aliphatic rings. The van der Waals surface area contributed by atoms with Crippen LogP contribution >= 0.6 is 0 Å². The highest BCUT2D eigenvalue weighted by molar-refractivity contribution is 5.48. The summed E-state index contributed by atoms with van der Waals surface area (Å²) in [6.07, 6.45) is 2.13. The van der Waals surface area contributed by atoms with Crippen molar-refractivity contribution in [2.24, 2.45) is 0 Å². The van der Waals surface area contributed by atoms with Crippen LogP contribution in [-0.2, 0) is 4.74 Å². The molecular weight excluding hydrogens is 231 g/mol. The van der Waals surface area contributed by atoms with Crippen molar-refractivity contribution >= 4 is 5.69 Å². The predicted octanol–water partition coefficient (Wildman–Crippen LogP) is 3.31. The fourth-order valence-corrected chi connectivity index (χ4v) is 1.50. The minimum absolute atomic E-state index is 0.258. The van der Waals surface area contributed by atoms with E-state index in [2.05, 4.69) is 5.32 Å². The third-order valence-electron chi connectivity index (χ3n) is 2.44. The molecule has 0 aromatic heterocycles. The minimum atomic E-state index is -0.382. The Morgan fingerprint density at radius 3 is 2.78 bits per heavy atom. The van der Waals surface area contributed by atoms with Crippen LogP contribution in [0.15, 0.2) is 18.2 Å². The summed E-state index contributed by atoms with van der Waals surface area (Å²) in [5, 5.41) is 11.6. The second kappa shape index (κ2) is 7.67. The predicted molar refractivity (Wildman–Crippen MR) is 69.9 cm³/mol. The van der Waals surface area contributed by atoms with Gasteiger partial charge in [-0.05, 0) is 44.9 Å². The first-order chi connectivity index (χ1) is 8.63. The Labute approximate surface area is 108 Å². The number of nitrogens with one attached hydrogen (secondary N) is 1. The normalized spacial score (nSPS) is 10.4. The lowest BCUT2D eigenvalue weighted by molar-refractivity contribution is 0.0765. The average molecular weight is 250 g/mol. The quantitative estimate of drug-likeness (QED) is 0.755. The van der Waals surface area contributed by atoms with Gasteiger partial charge >= 0.3 is 0 Å². The Morgan fingerprint density at radius 1 is 1.39 bits per heavy atom. The average Bonchev–Trinajstić information content (AvgIpc) is 2.34. The van der Waals surface area contributed by atoms with Crippen LogP contribution in [0.1, 0.15) is 32.3 Å². The highest BCUT2D eigenvalue weighted by Gasteiger charge is 2.02. The number of rotatable bonds is 7. The highest BCUT2D eigenvalue weighted by Crippen LogP contribution is 2.15. The smallest absolute Gasteiger partial charge is 0.147 e. The first-order valence-electron chi connectivity index (χ1n) is 6.18. The maximum atomic E-state index is 13.5. The molecule has 0 saturated carbocycles. The van der Waals surface area contributed by atoms with Gasteiger partial charge in [0.1, 0.15) is 5.82 Å². The molecule has 4 heteroatoms. The lowest BCUT2D eigenvalue weighted by Crippen LogP contribution is -2.07. The van der Waals surface area contributed by atoms with Crippen molar-refractivity contribution in [3.63, 3.8) is 0 Å². The fourth-order valence-electron chi connectivity index (χ4n) is 1.50. The van der Waals surface area contributed by atoms with Crippen molar-refractivity contribution in [1.29, 1.82) is 5.26 Å². The van der Waals surface area contributed by atoms with Crippen molar-refractivity contribution in [2.45, 2.75) is 32.8 Å². The van der Waals surface area contributed by atoms with Crippen LogP contribution in [0.4, 0.5) is 10.1 Å². The van der Waals surface area contributed by atoms with Gasteiger partial charge in [-0.25, -0.2) is 4.39 Å². The molecule has 0 aliphatic carbocycles. The summed E-state index contributed by atoms with van der Waals surface area (Å²) in [5.74, 6) is -0.382. The second-order valence-corrected chi connectivity index (χ2v) is 4.36. The van der Waals surface area contributed by atoms with Crippen LogP contribution < -0.4 is 5.32 Å². The van der Waals surface area contributed by atoms with Crippen LogP contribution in [0, 0.1) is 17.1 Å². The van der Waals surface area contributed by atoms with E-state index >= 15 is 0 Å². The zero-order valence-electron chi connectivity index (χ0n) is 10.9. The zero-order chi connectivity index (χ0) is 13.4. The van der Waals surface area contributed by atoms with E-state index in [0.29, 0.717) is 17.8 Å². The summed E-state index contributed by atoms with van der Waals surface area (Å²) in [6, 6.07) is 6.35. The molecule has 0 bridgehead atoms. The summed E-state index contributed by atoms with van der Waals surface area (Å²) in [5.41, 5.74) is 0.780. The number of unbranched alkanes of at least 4 members (excludes halogenated alkanes) is 1. The minimum Gasteiger partial charge on any atom is -0.383 e. The molecule has 0 fully saturated rings. The van der Waals surface area contributed by atoms with E-state index in [9.17, 15) is 4.39 Å². The SMILES string of the molecule is CC(C)OCCCCNc1ccc(C#N)cc1F. The first-order valence-corrected chi connectivity index (χ1v) is 6.18. The Balaban J connectivity index is 2.25. The number of nitriles is 1. The largest absolute Gasteiger partial charge is 0.383 e. The van der Waals surface area contributed by atoms with E-state index in [1.165, 1.54) is 6.07 Å². The number of anilines is 1. The van der Waals surface area contributed by atoms with Crippen LogP contribution in [0.25, 0.3) is 0 Å². The van der Waals surface area contributed by atoms with E-state index in [1.807, 2.05) is 19.9 Å². The van der Waals surface area contributed by atoms with Gasteiger partial charge in [-0.2, -0.15) is 5.26 Å². The van der Waals surface area contributed by atoms with Crippen LogP contribution in [0.5, 0.6) is 0 Å². The zero-order valence-corrected chi connectivity index (χ0v) is 10.9. The topological polar surface area (TPSA) is 45.0 Å². The van der Waals surface area contributed by atoms with E-state index < -0.39 is 0 Å². The Kier molecular flexibility index (Phi) is 6.16. The van der Waals surface area contributed by atoms with Gasteiger partial charge in [-0.3, -0.25) is 0 Å². The van der Waals surface area contributed by atoms with E-state index in [-0.39, 0.29) is 11.9 Å². The molecule has 18 heavy (non-hydrogen) atoms. The summed E-state index contributed by atoms with van der Waals surface area (Å²) in [4.78, 5) is 0. The molecular formula is C14H19FN2O. The third-order valence-corrected chi connectivity index (χ3v) is 2.44. The summed E-state index contributed by atoms with van der Waals surface area (Å²) >= 11 is 0. The van der Waals surface area contributed by atoms with Gasteiger partial charge in [0.25, 0.3) is 0 Å². The van der Waals surface area contributed by atoms with Crippen LogP contribution in [0.3, 0.4) is 0 Å². The lowest BCUT2D eigenvalue weighted by Gasteiger charge is -2.09. The number of ether oxygens (including phenoxy) is 1. The van der Waals surface area contributed by atoms with Gasteiger partial charge in [0.15, 0.2) is 0 Å². The molecule has 3 nitrogen and oxygen atoms in total. The van der Waals surface area contributed by atoms with Crippen molar-refractivity contribution < 1.29 is 9.13 Å². The molecule has 0 spiro atoms. The van der Waals surface area contributed by atoms with Gasteiger partial charge in [0.2, 0.25) is 0 Å². The Bertz CT molecular complexity index is 413. The van der Waals surface area contributed by atoms with E-state index in [1.54, 1.807) is 12.1 Å². The molecule has 0 aliphatic heterocycles. The third kappa shape index (κ3) is 5.15. The highest BCUT2D eigenvalue weighted by atomic mass is 19.1. The van der Waals surface area contributed by atoms with Crippen molar-refractivity contribution in [1.82, 2.24) is 0 Å². The summed E-state index contributed by atoms with van der Waals surface area (Å²) < 4.78 is 18.9. The molecule has 0 radical (unpaired) electrons. The fraction of sp³-hybridized carbons (Fsp3) is 0.500. The Hall–Kier alpha value is -1.60. The molecule has 0 saturated heterocycles. The van der Waals surface area contributed by atoms with Gasteiger partial charge in [-0.1, -0.05) is 0 Å². The number of nitrogens with zero attached hydrogens (tertiary/aromatic N) is 1. The van der Waals surface area contributed by atoms with Gasteiger partial charge < -0.3 is 10.1 Å². The standard InChI is InChI=1S/C14H19FN2O/c1-11(2)18-8-4-3-7-17-14-6-5-12(10-16)9-13(14)15/h5-6,9,11,17H,3-4,7-8H2,1-2H3. The lowest BCUT2D eigenvalue weighted by atomic mass is 10.2.